The first-order valence-electron chi connectivity index (χ1n) is 6.10. The van der Waals surface area contributed by atoms with Gasteiger partial charge in [-0.1, -0.05) is 19.3 Å². The van der Waals surface area contributed by atoms with Gasteiger partial charge >= 0.3 is 0 Å². The molecule has 2 fully saturated rings. The number of hydrogen-bond acceptors (Lipinski definition) is 2. The predicted molar refractivity (Wildman–Crippen MR) is 60.4 cm³/mol. The first-order chi connectivity index (χ1) is 6.79. The molecular weight excluding hydrogens is 192 g/mol. The molecule has 0 amide bonds. The van der Waals surface area contributed by atoms with Crippen molar-refractivity contribution in [3.8, 4) is 0 Å². The van der Waals surface area contributed by atoms with Crippen molar-refractivity contribution < 1.29 is 9.47 Å². The fourth-order valence-corrected chi connectivity index (χ4v) is 3.43. The Bertz CT molecular complexity index is 172. The molecule has 1 saturated heterocycles. The van der Waals surface area contributed by atoms with Crippen molar-refractivity contribution in [1.82, 2.24) is 0 Å². The summed E-state index contributed by atoms with van der Waals surface area (Å²) in [7, 11) is 1.02. The van der Waals surface area contributed by atoms with Crippen LogP contribution in [0, 0.1) is 0 Å². The molecule has 0 spiro atoms. The van der Waals surface area contributed by atoms with E-state index in [0.29, 0.717) is 6.10 Å². The van der Waals surface area contributed by atoms with E-state index in [9.17, 15) is 0 Å². The highest BCUT2D eigenvalue weighted by Gasteiger charge is 2.31. The van der Waals surface area contributed by atoms with Crippen LogP contribution in [0.4, 0.5) is 0 Å². The predicted octanol–water partition coefficient (Wildman–Crippen LogP) is 1.56. The summed E-state index contributed by atoms with van der Waals surface area (Å²) in [4.78, 5) is 0. The lowest BCUT2D eigenvalue weighted by Crippen LogP contribution is -2.43. The van der Waals surface area contributed by atoms with Crippen LogP contribution in [0.25, 0.3) is 0 Å². The molecule has 0 radical (unpaired) electrons. The van der Waals surface area contributed by atoms with E-state index in [0.717, 1.165) is 23.3 Å². The van der Waals surface area contributed by atoms with Crippen LogP contribution in [0.5, 0.6) is 0 Å². The molecule has 1 aliphatic carbocycles. The average Bonchev–Trinajstić information content (AvgIpc) is 2.19. The zero-order valence-corrected chi connectivity index (χ0v) is 11.3. The summed E-state index contributed by atoms with van der Waals surface area (Å²) in [6.45, 7) is 0.913. The minimum Gasteiger partial charge on any atom is -0.355 e. The van der Waals surface area contributed by atoms with E-state index in [1.165, 1.54) is 44.9 Å². The summed E-state index contributed by atoms with van der Waals surface area (Å²) in [5.74, 6) is 0. The van der Waals surface area contributed by atoms with Crippen LogP contribution in [0.3, 0.4) is 0 Å². The van der Waals surface area contributed by atoms with Crippen LogP contribution in [0.2, 0.25) is 0 Å². The van der Waals surface area contributed by atoms with E-state index in [1.807, 2.05) is 0 Å². The van der Waals surface area contributed by atoms with Gasteiger partial charge in [0.15, 0.2) is 0 Å². The molecule has 1 saturated carbocycles. The molecule has 1 atom stereocenters. The molecule has 1 aliphatic heterocycles. The second kappa shape index (κ2) is 4.77. The van der Waals surface area contributed by atoms with E-state index in [-0.39, 0.29) is 5.41 Å². The van der Waals surface area contributed by atoms with Crippen molar-refractivity contribution in [3.63, 3.8) is 0 Å². The van der Waals surface area contributed by atoms with Crippen LogP contribution in [-0.2, 0) is 9.47 Å². The average molecular weight is 214 g/mol. The molecule has 14 heavy (non-hydrogen) atoms. The second-order valence-corrected chi connectivity index (χ2v) is 6.34. The Morgan fingerprint density at radius 3 is 2.50 bits per heavy atom. The number of rotatable bonds is 2. The van der Waals surface area contributed by atoms with E-state index >= 15 is 0 Å². The van der Waals surface area contributed by atoms with Crippen molar-refractivity contribution in [1.29, 1.82) is 0 Å². The Kier molecular flexibility index (Phi) is 3.63. The molecule has 3 heteroatoms. The van der Waals surface area contributed by atoms with Gasteiger partial charge in [-0.05, 0) is 32.1 Å². The molecule has 0 aromatic rings. The number of ether oxygens (including phenoxy) is 2. The SMILES string of the molecule is [SiH3]C1(OC2CCCCC2)CCCCO1. The lowest BCUT2D eigenvalue weighted by Gasteiger charge is -2.38. The molecule has 2 nitrogen and oxygen atoms in total. The first-order valence-corrected chi connectivity index (χ1v) is 7.10. The highest BCUT2D eigenvalue weighted by molar-refractivity contribution is 6.13. The Balaban J connectivity index is 1.81. The maximum absolute atomic E-state index is 6.16. The lowest BCUT2D eigenvalue weighted by molar-refractivity contribution is -0.226. The molecule has 2 aliphatic rings. The molecule has 0 N–H and O–H groups in total. The molecule has 82 valence electrons. The van der Waals surface area contributed by atoms with Crippen molar-refractivity contribution in [2.75, 3.05) is 6.61 Å². The van der Waals surface area contributed by atoms with Gasteiger partial charge in [-0.2, -0.15) is 0 Å². The summed E-state index contributed by atoms with van der Waals surface area (Å²) < 4.78 is 12.0. The van der Waals surface area contributed by atoms with Crippen molar-refractivity contribution >= 4 is 10.2 Å². The standard InChI is InChI=1S/C11H22O2Si/c14-11(8-4-5-9-12-11)13-10-6-2-1-3-7-10/h10H,1-9H2,14H3. The van der Waals surface area contributed by atoms with Crippen LogP contribution >= 0.6 is 0 Å². The topological polar surface area (TPSA) is 18.5 Å². The minimum absolute atomic E-state index is 0.125. The van der Waals surface area contributed by atoms with E-state index < -0.39 is 0 Å². The summed E-state index contributed by atoms with van der Waals surface area (Å²) in [5, 5.41) is 0. The van der Waals surface area contributed by atoms with Gasteiger partial charge in [-0.25, -0.2) is 0 Å². The first kappa shape index (κ1) is 10.6. The maximum atomic E-state index is 6.16. The summed E-state index contributed by atoms with van der Waals surface area (Å²) >= 11 is 0. The van der Waals surface area contributed by atoms with Crippen molar-refractivity contribution in [2.24, 2.45) is 0 Å². The molecule has 1 heterocycles. The highest BCUT2D eigenvalue weighted by atomic mass is 28.1. The summed E-state index contributed by atoms with van der Waals surface area (Å²) in [5.41, 5.74) is -0.125. The quantitative estimate of drug-likeness (QED) is 0.649. The van der Waals surface area contributed by atoms with Gasteiger partial charge in [0.25, 0.3) is 0 Å². The molecule has 0 aromatic carbocycles. The van der Waals surface area contributed by atoms with Crippen LogP contribution in [0.1, 0.15) is 51.4 Å². The third-order valence-corrected chi connectivity index (χ3v) is 4.43. The van der Waals surface area contributed by atoms with Crippen molar-refractivity contribution in [2.45, 2.75) is 62.9 Å². The maximum Gasteiger partial charge on any atom is 0.141 e. The van der Waals surface area contributed by atoms with Gasteiger partial charge in [-0.3, -0.25) is 0 Å². The molecule has 0 bridgehead atoms. The normalized spacial score (nSPS) is 36.0. The Morgan fingerprint density at radius 2 is 1.86 bits per heavy atom. The van der Waals surface area contributed by atoms with Crippen LogP contribution in [0.15, 0.2) is 0 Å². The van der Waals surface area contributed by atoms with Crippen molar-refractivity contribution in [3.05, 3.63) is 0 Å². The third-order valence-electron chi connectivity index (χ3n) is 3.40. The molecular formula is C11H22O2Si. The Hall–Kier alpha value is 0.137. The van der Waals surface area contributed by atoms with E-state index in [4.69, 9.17) is 9.47 Å². The molecule has 0 aromatic heterocycles. The monoisotopic (exact) mass is 214 g/mol. The molecule has 1 unspecified atom stereocenters. The number of hydrogen-bond donors (Lipinski definition) is 0. The van der Waals surface area contributed by atoms with E-state index in [2.05, 4.69) is 0 Å². The molecule has 2 rings (SSSR count). The van der Waals surface area contributed by atoms with Gasteiger partial charge in [0.1, 0.15) is 5.41 Å². The Morgan fingerprint density at radius 1 is 1.07 bits per heavy atom. The summed E-state index contributed by atoms with van der Waals surface area (Å²) in [6, 6.07) is 0. The van der Waals surface area contributed by atoms with Crippen LogP contribution < -0.4 is 0 Å². The fraction of sp³-hybridized carbons (Fsp3) is 1.00. The van der Waals surface area contributed by atoms with Gasteiger partial charge in [-0.15, -0.1) is 0 Å². The fourth-order valence-electron chi connectivity index (χ4n) is 2.54. The highest BCUT2D eigenvalue weighted by Crippen LogP contribution is 2.29. The smallest absolute Gasteiger partial charge is 0.141 e. The van der Waals surface area contributed by atoms with Gasteiger partial charge in [0.2, 0.25) is 0 Å². The zero-order valence-electron chi connectivity index (χ0n) is 9.26. The third kappa shape index (κ3) is 2.81. The van der Waals surface area contributed by atoms with Crippen LogP contribution in [-0.4, -0.2) is 28.4 Å². The van der Waals surface area contributed by atoms with Gasteiger partial charge < -0.3 is 9.47 Å². The summed E-state index contributed by atoms with van der Waals surface area (Å²) in [6.07, 6.45) is 10.8. The largest absolute Gasteiger partial charge is 0.355 e. The van der Waals surface area contributed by atoms with E-state index in [1.54, 1.807) is 0 Å². The van der Waals surface area contributed by atoms with Gasteiger partial charge in [0, 0.05) is 6.61 Å². The Labute approximate surface area is 89.8 Å². The zero-order chi connectivity index (χ0) is 9.86. The minimum atomic E-state index is -0.125. The second-order valence-electron chi connectivity index (χ2n) is 4.82. The van der Waals surface area contributed by atoms with Gasteiger partial charge in [0.05, 0.1) is 16.3 Å². The lowest BCUT2D eigenvalue weighted by atomic mass is 9.98.